The molecule has 162 valence electrons. The van der Waals surface area contributed by atoms with Crippen molar-refractivity contribution >= 4 is 33.5 Å². The van der Waals surface area contributed by atoms with Crippen molar-refractivity contribution in [1.29, 1.82) is 0 Å². The fraction of sp³-hybridized carbons (Fsp3) is 0.375. The number of nitrogens with zero attached hydrogens (tertiary/aromatic N) is 3. The Kier molecular flexibility index (Phi) is 5.81. The van der Waals surface area contributed by atoms with Crippen LogP contribution in [0.15, 0.2) is 59.8 Å². The Morgan fingerprint density at radius 3 is 2.74 bits per heavy atom. The fourth-order valence-corrected chi connectivity index (χ4v) is 5.10. The summed E-state index contributed by atoms with van der Waals surface area (Å²) < 4.78 is 1.19. The molecule has 2 fully saturated rings. The van der Waals surface area contributed by atoms with E-state index >= 15 is 0 Å². The van der Waals surface area contributed by atoms with Gasteiger partial charge >= 0.3 is 6.03 Å². The second-order valence-corrected chi connectivity index (χ2v) is 9.25. The van der Waals surface area contributed by atoms with Crippen LogP contribution in [-0.2, 0) is 4.79 Å². The van der Waals surface area contributed by atoms with E-state index in [0.29, 0.717) is 18.5 Å². The molecule has 2 aromatic rings. The molecule has 3 heterocycles. The molecule has 6 nitrogen and oxygen atoms in total. The Balaban J connectivity index is 1.50. The summed E-state index contributed by atoms with van der Waals surface area (Å²) in [6.45, 7) is 11.3. The number of nitrogens with one attached hydrogen (secondary N) is 1. The molecular weight excluding hydrogens is 408 g/mol. The van der Waals surface area contributed by atoms with Gasteiger partial charge in [-0.2, -0.15) is 0 Å². The molecule has 2 aliphatic rings. The molecule has 1 N–H and O–H groups in total. The number of hydrogen-bond donors (Lipinski definition) is 1. The maximum absolute atomic E-state index is 13.4. The standard InChI is InChI=1S/C24H28N4O2S/c1-5-6-19(13-16(2)3)28-22(29)24(26-23(28)30)9-11-27(12-10-24)17(4)18-7-8-21-20(14-18)25-15-31-21/h5-8,13-15,17H,2,9-12H2,1,3-4H3,(H,26,30)/b6-5-,19-13+. The number of carbonyl (C=O) groups is 2. The van der Waals surface area contributed by atoms with E-state index in [4.69, 9.17) is 0 Å². The van der Waals surface area contributed by atoms with Crippen LogP contribution in [0.1, 0.15) is 45.2 Å². The van der Waals surface area contributed by atoms with Crippen LogP contribution < -0.4 is 5.32 Å². The second kappa shape index (κ2) is 8.40. The first kappa shape index (κ1) is 21.5. The van der Waals surface area contributed by atoms with Crippen molar-refractivity contribution < 1.29 is 9.59 Å². The minimum Gasteiger partial charge on any atom is -0.323 e. The summed E-state index contributed by atoms with van der Waals surface area (Å²) in [5, 5.41) is 3.00. The molecule has 0 aliphatic carbocycles. The molecule has 1 aromatic carbocycles. The summed E-state index contributed by atoms with van der Waals surface area (Å²) in [5.74, 6) is -0.167. The van der Waals surface area contributed by atoms with Gasteiger partial charge in [0.1, 0.15) is 5.54 Å². The molecule has 4 rings (SSSR count). The number of thiazole rings is 1. The van der Waals surface area contributed by atoms with Crippen molar-refractivity contribution in [3.05, 3.63) is 65.4 Å². The number of allylic oxidation sites excluding steroid dienone is 4. The van der Waals surface area contributed by atoms with E-state index in [1.807, 2.05) is 25.4 Å². The highest BCUT2D eigenvalue weighted by atomic mass is 32.1. The highest BCUT2D eigenvalue weighted by Crippen LogP contribution is 2.35. The van der Waals surface area contributed by atoms with Crippen molar-refractivity contribution in [3.8, 4) is 0 Å². The quantitative estimate of drug-likeness (QED) is 0.541. The molecule has 0 bridgehead atoms. The first-order chi connectivity index (χ1) is 14.8. The number of rotatable bonds is 5. The summed E-state index contributed by atoms with van der Waals surface area (Å²) in [6.07, 6.45) is 6.55. The average Bonchev–Trinajstić information content (AvgIpc) is 3.29. The number of imide groups is 1. The van der Waals surface area contributed by atoms with Gasteiger partial charge in [-0.1, -0.05) is 24.3 Å². The SMILES string of the molecule is C=C(C)/C=C(\C=C/C)N1C(=O)NC2(CCN(C(C)c3ccc4scnc4c3)CC2)C1=O. The molecule has 0 radical (unpaired) electrons. The fourth-order valence-electron chi connectivity index (χ4n) is 4.44. The van der Waals surface area contributed by atoms with Crippen LogP contribution in [0.2, 0.25) is 0 Å². The molecule has 2 saturated heterocycles. The third-order valence-corrected chi connectivity index (χ3v) is 7.00. The summed E-state index contributed by atoms with van der Waals surface area (Å²) in [5.41, 5.74) is 4.63. The van der Waals surface area contributed by atoms with Crippen molar-refractivity contribution in [2.24, 2.45) is 0 Å². The number of piperidine rings is 1. The smallest absolute Gasteiger partial charge is 0.323 e. The Morgan fingerprint density at radius 1 is 1.32 bits per heavy atom. The van der Waals surface area contributed by atoms with Crippen LogP contribution in [0.3, 0.4) is 0 Å². The van der Waals surface area contributed by atoms with E-state index in [1.165, 1.54) is 15.2 Å². The Morgan fingerprint density at radius 2 is 2.06 bits per heavy atom. The highest BCUT2D eigenvalue weighted by molar-refractivity contribution is 7.16. The third-order valence-electron chi connectivity index (χ3n) is 6.19. The number of benzene rings is 1. The van der Waals surface area contributed by atoms with E-state index in [-0.39, 0.29) is 18.0 Å². The van der Waals surface area contributed by atoms with Crippen LogP contribution in [0, 0.1) is 0 Å². The molecule has 2 aliphatic heterocycles. The number of fused-ring (bicyclic) bond motifs is 1. The Hall–Kier alpha value is -2.77. The van der Waals surface area contributed by atoms with E-state index < -0.39 is 5.54 Å². The van der Waals surface area contributed by atoms with Gasteiger partial charge in [0, 0.05) is 19.1 Å². The average molecular weight is 437 g/mol. The molecule has 1 atom stereocenters. The minimum absolute atomic E-state index is 0.167. The maximum atomic E-state index is 13.4. The predicted octanol–water partition coefficient (Wildman–Crippen LogP) is 4.78. The molecule has 1 unspecified atom stereocenters. The van der Waals surface area contributed by atoms with Gasteiger partial charge in [0.2, 0.25) is 0 Å². The zero-order valence-electron chi connectivity index (χ0n) is 18.2. The summed E-state index contributed by atoms with van der Waals surface area (Å²) in [4.78, 5) is 34.2. The second-order valence-electron chi connectivity index (χ2n) is 8.36. The maximum Gasteiger partial charge on any atom is 0.329 e. The summed E-state index contributed by atoms with van der Waals surface area (Å²) in [7, 11) is 0. The number of aromatic nitrogens is 1. The Bertz CT molecular complexity index is 1090. The Labute approximate surface area is 186 Å². The normalized spacial score (nSPS) is 20.7. The van der Waals surface area contributed by atoms with E-state index in [9.17, 15) is 9.59 Å². The van der Waals surface area contributed by atoms with E-state index in [2.05, 4.69) is 46.9 Å². The molecule has 0 saturated carbocycles. The highest BCUT2D eigenvalue weighted by Gasteiger charge is 2.53. The number of urea groups is 1. The predicted molar refractivity (Wildman–Crippen MR) is 125 cm³/mol. The van der Waals surface area contributed by atoms with Gasteiger partial charge in [-0.25, -0.2) is 14.7 Å². The number of carbonyl (C=O) groups excluding carboxylic acids is 2. The lowest BCUT2D eigenvalue weighted by Gasteiger charge is -2.40. The van der Waals surface area contributed by atoms with Gasteiger partial charge < -0.3 is 5.32 Å². The van der Waals surface area contributed by atoms with Gasteiger partial charge in [-0.15, -0.1) is 11.3 Å². The van der Waals surface area contributed by atoms with Crippen molar-refractivity contribution in [2.45, 2.75) is 45.2 Å². The number of likely N-dealkylation sites (tertiary alicyclic amines) is 1. The van der Waals surface area contributed by atoms with Gasteiger partial charge in [0.05, 0.1) is 21.4 Å². The molecule has 31 heavy (non-hydrogen) atoms. The lowest BCUT2D eigenvalue weighted by molar-refractivity contribution is -0.131. The van der Waals surface area contributed by atoms with Crippen molar-refractivity contribution in [2.75, 3.05) is 13.1 Å². The molecule has 1 spiro atoms. The number of amides is 3. The largest absolute Gasteiger partial charge is 0.329 e. The first-order valence-corrected chi connectivity index (χ1v) is 11.5. The van der Waals surface area contributed by atoms with Crippen LogP contribution >= 0.6 is 11.3 Å². The molecule has 7 heteroatoms. The zero-order valence-corrected chi connectivity index (χ0v) is 19.0. The van der Waals surface area contributed by atoms with Crippen LogP contribution in [0.5, 0.6) is 0 Å². The molecule has 1 aromatic heterocycles. The zero-order chi connectivity index (χ0) is 22.2. The van der Waals surface area contributed by atoms with Gasteiger partial charge in [0.15, 0.2) is 0 Å². The van der Waals surface area contributed by atoms with Crippen LogP contribution in [0.25, 0.3) is 10.2 Å². The molecular formula is C24H28N4O2S. The van der Waals surface area contributed by atoms with E-state index in [0.717, 1.165) is 24.2 Å². The van der Waals surface area contributed by atoms with Crippen molar-refractivity contribution in [3.63, 3.8) is 0 Å². The summed E-state index contributed by atoms with van der Waals surface area (Å²) >= 11 is 1.64. The molecule has 3 amide bonds. The first-order valence-electron chi connectivity index (χ1n) is 10.6. The topological polar surface area (TPSA) is 65.5 Å². The lowest BCUT2D eigenvalue weighted by atomic mass is 9.86. The van der Waals surface area contributed by atoms with Gasteiger partial charge in [0.25, 0.3) is 5.91 Å². The monoisotopic (exact) mass is 436 g/mol. The minimum atomic E-state index is -0.831. The van der Waals surface area contributed by atoms with Crippen molar-refractivity contribution in [1.82, 2.24) is 20.1 Å². The van der Waals surface area contributed by atoms with E-state index in [1.54, 1.807) is 23.5 Å². The summed E-state index contributed by atoms with van der Waals surface area (Å²) in [6, 6.07) is 6.29. The van der Waals surface area contributed by atoms with Crippen LogP contribution in [-0.4, -0.2) is 45.4 Å². The number of hydrogen-bond acceptors (Lipinski definition) is 5. The lowest BCUT2D eigenvalue weighted by Crippen LogP contribution is -2.55. The van der Waals surface area contributed by atoms with Gasteiger partial charge in [-0.05, 0) is 63.5 Å². The van der Waals surface area contributed by atoms with Gasteiger partial charge in [-0.3, -0.25) is 9.69 Å². The third kappa shape index (κ3) is 3.95. The van der Waals surface area contributed by atoms with Crippen LogP contribution in [0.4, 0.5) is 4.79 Å².